The molecule has 4 nitrogen and oxygen atoms in total. The van der Waals surface area contributed by atoms with Crippen molar-refractivity contribution in [1.82, 2.24) is 5.32 Å². The van der Waals surface area contributed by atoms with Gasteiger partial charge < -0.3 is 10.6 Å². The predicted octanol–water partition coefficient (Wildman–Crippen LogP) is 6.13. The molecule has 32 heavy (non-hydrogen) atoms. The second-order valence-corrected chi connectivity index (χ2v) is 9.50. The Morgan fingerprint density at radius 1 is 1.16 bits per heavy atom. The lowest BCUT2D eigenvalue weighted by molar-refractivity contribution is -0.116. The average Bonchev–Trinajstić information content (AvgIpc) is 3.31. The van der Waals surface area contributed by atoms with Gasteiger partial charge in [0.15, 0.2) is 0 Å². The summed E-state index contributed by atoms with van der Waals surface area (Å²) in [5.74, 6) is -0.711. The number of hydrogen-bond acceptors (Lipinski definition) is 2. The molecule has 0 fully saturated rings. The molecule has 1 aliphatic carbocycles. The van der Waals surface area contributed by atoms with Gasteiger partial charge in [0.25, 0.3) is 5.91 Å². The molecule has 0 aromatic heterocycles. The van der Waals surface area contributed by atoms with Crippen LogP contribution in [0.4, 0.5) is 10.1 Å². The van der Waals surface area contributed by atoms with Gasteiger partial charge in [-0.25, -0.2) is 4.39 Å². The Balaban J connectivity index is 1.47. The summed E-state index contributed by atoms with van der Waals surface area (Å²) in [5, 5.41) is 6.21. The summed E-state index contributed by atoms with van der Waals surface area (Å²) in [5.41, 5.74) is 4.49. The molecule has 3 aromatic rings. The minimum absolute atomic E-state index is 0.129. The highest BCUT2D eigenvalue weighted by molar-refractivity contribution is 9.10. The topological polar surface area (TPSA) is 58.2 Å². The Labute approximate surface area is 198 Å². The van der Waals surface area contributed by atoms with Crippen LogP contribution in [0.2, 0.25) is 5.02 Å². The van der Waals surface area contributed by atoms with Crippen molar-refractivity contribution in [3.05, 3.63) is 97.7 Å². The summed E-state index contributed by atoms with van der Waals surface area (Å²) in [6, 6.07) is 15.1. The van der Waals surface area contributed by atoms with Crippen molar-refractivity contribution in [2.45, 2.75) is 31.2 Å². The van der Waals surface area contributed by atoms with Crippen molar-refractivity contribution >= 4 is 45.0 Å². The normalized spacial score (nSPS) is 18.8. The largest absolute Gasteiger partial charge is 0.341 e. The third-order valence-electron chi connectivity index (χ3n) is 6.19. The number of rotatable bonds is 4. The van der Waals surface area contributed by atoms with Crippen LogP contribution in [0.15, 0.2) is 59.1 Å². The van der Waals surface area contributed by atoms with Crippen molar-refractivity contribution in [3.8, 4) is 0 Å². The van der Waals surface area contributed by atoms with Crippen LogP contribution in [0.1, 0.15) is 57.4 Å². The van der Waals surface area contributed by atoms with Crippen LogP contribution >= 0.6 is 27.5 Å². The Morgan fingerprint density at radius 2 is 1.97 bits per heavy atom. The molecule has 162 valence electrons. The van der Waals surface area contributed by atoms with Crippen molar-refractivity contribution in [2.24, 2.45) is 0 Å². The predicted molar refractivity (Wildman–Crippen MR) is 126 cm³/mol. The summed E-state index contributed by atoms with van der Waals surface area (Å²) >= 11 is 9.75. The summed E-state index contributed by atoms with van der Waals surface area (Å²) in [6.45, 7) is 0. The van der Waals surface area contributed by atoms with E-state index >= 15 is 0 Å². The lowest BCUT2D eigenvalue weighted by Crippen LogP contribution is -2.21. The maximum Gasteiger partial charge on any atom is 0.252 e. The monoisotopic (exact) mass is 512 g/mol. The van der Waals surface area contributed by atoms with E-state index in [1.165, 1.54) is 29.3 Å². The van der Waals surface area contributed by atoms with E-state index in [1.807, 2.05) is 12.1 Å². The second-order valence-electron chi connectivity index (χ2n) is 8.17. The molecule has 1 heterocycles. The summed E-state index contributed by atoms with van der Waals surface area (Å²) in [4.78, 5) is 25.7. The maximum atomic E-state index is 13.9. The first-order chi connectivity index (χ1) is 15.4. The summed E-state index contributed by atoms with van der Waals surface area (Å²) in [7, 11) is 0. The van der Waals surface area contributed by atoms with Crippen molar-refractivity contribution in [1.29, 1.82) is 0 Å². The number of carbonyl (C=O) groups is 2. The van der Waals surface area contributed by atoms with Gasteiger partial charge in [0.2, 0.25) is 5.91 Å². The zero-order valence-corrected chi connectivity index (χ0v) is 19.3. The van der Waals surface area contributed by atoms with E-state index in [0.29, 0.717) is 38.3 Å². The maximum absolute atomic E-state index is 13.9. The molecule has 1 aliphatic heterocycles. The number of fused-ring (bicyclic) bond motifs is 2. The molecular weight excluding hydrogens is 495 g/mol. The van der Waals surface area contributed by atoms with Crippen LogP contribution in [-0.2, 0) is 11.2 Å². The van der Waals surface area contributed by atoms with E-state index in [1.54, 1.807) is 12.1 Å². The molecule has 7 heteroatoms. The number of anilines is 1. The standard InChI is InChI=1S/C25H19BrClFN2O2/c26-15-10-19-23(24(30-25(19)32)18-12-16(28)7-8-20(18)27)21(11-15)29-22(31)9-14-6-5-13-3-1-2-4-17(13)14/h1-4,7-8,10-12,14,24H,5-6,9H2,(H,29,31)(H,30,32). The third kappa shape index (κ3) is 3.82. The van der Waals surface area contributed by atoms with Crippen molar-refractivity contribution in [2.75, 3.05) is 5.32 Å². The highest BCUT2D eigenvalue weighted by Crippen LogP contribution is 2.41. The molecule has 2 amide bonds. The Hall–Kier alpha value is -2.70. The van der Waals surface area contributed by atoms with Crippen LogP contribution in [0.3, 0.4) is 0 Å². The molecule has 2 unspecified atom stereocenters. The van der Waals surface area contributed by atoms with Gasteiger partial charge in [-0.05, 0) is 60.2 Å². The lowest BCUT2D eigenvalue weighted by Gasteiger charge is -2.19. The first-order valence-corrected chi connectivity index (χ1v) is 11.5. The smallest absolute Gasteiger partial charge is 0.252 e. The summed E-state index contributed by atoms with van der Waals surface area (Å²) in [6.07, 6.45) is 2.26. The quantitative estimate of drug-likeness (QED) is 0.441. The van der Waals surface area contributed by atoms with Crippen LogP contribution in [0.5, 0.6) is 0 Å². The van der Waals surface area contributed by atoms with E-state index in [9.17, 15) is 14.0 Å². The fourth-order valence-electron chi connectivity index (χ4n) is 4.75. The minimum Gasteiger partial charge on any atom is -0.341 e. The number of hydrogen-bond donors (Lipinski definition) is 2. The molecule has 0 radical (unpaired) electrons. The molecule has 2 N–H and O–H groups in total. The molecule has 3 aromatic carbocycles. The average molecular weight is 514 g/mol. The van der Waals surface area contributed by atoms with Crippen LogP contribution in [0.25, 0.3) is 0 Å². The Morgan fingerprint density at radius 3 is 2.81 bits per heavy atom. The number of benzene rings is 3. The fourth-order valence-corrected chi connectivity index (χ4v) is 5.44. The SMILES string of the molecule is O=C(CC1CCc2ccccc21)Nc1cc(Br)cc2c1C(c1cc(F)ccc1Cl)NC2=O. The van der Waals surface area contributed by atoms with E-state index in [4.69, 9.17) is 11.6 Å². The number of carbonyl (C=O) groups excluding carboxylic acids is 2. The first kappa shape index (κ1) is 21.2. The van der Waals surface area contributed by atoms with E-state index in [-0.39, 0.29) is 17.7 Å². The van der Waals surface area contributed by atoms with E-state index in [2.05, 4.69) is 38.7 Å². The van der Waals surface area contributed by atoms with Gasteiger partial charge in [-0.3, -0.25) is 9.59 Å². The molecule has 2 aliphatic rings. The third-order valence-corrected chi connectivity index (χ3v) is 6.99. The van der Waals surface area contributed by atoms with Gasteiger partial charge in [0.05, 0.1) is 6.04 Å². The van der Waals surface area contributed by atoms with Crippen LogP contribution in [-0.4, -0.2) is 11.8 Å². The van der Waals surface area contributed by atoms with Gasteiger partial charge in [0, 0.05) is 38.3 Å². The minimum atomic E-state index is -0.656. The molecule has 2 atom stereocenters. The second kappa shape index (κ2) is 8.34. The zero-order valence-electron chi connectivity index (χ0n) is 16.9. The lowest BCUT2D eigenvalue weighted by atomic mass is 9.95. The highest BCUT2D eigenvalue weighted by atomic mass is 79.9. The molecular formula is C25H19BrClFN2O2. The number of halogens is 3. The van der Waals surface area contributed by atoms with Gasteiger partial charge in [-0.1, -0.05) is 51.8 Å². The number of nitrogens with one attached hydrogen (secondary N) is 2. The number of aryl methyl sites for hydroxylation is 1. The highest BCUT2D eigenvalue weighted by Gasteiger charge is 2.35. The Bertz CT molecular complexity index is 1260. The van der Waals surface area contributed by atoms with E-state index < -0.39 is 11.9 Å². The molecule has 0 bridgehead atoms. The number of amides is 2. The van der Waals surface area contributed by atoms with Gasteiger partial charge in [-0.2, -0.15) is 0 Å². The fraction of sp³-hybridized carbons (Fsp3) is 0.200. The molecule has 0 saturated heterocycles. The molecule has 0 spiro atoms. The van der Waals surface area contributed by atoms with Crippen LogP contribution in [0, 0.1) is 5.82 Å². The van der Waals surface area contributed by atoms with Crippen LogP contribution < -0.4 is 10.6 Å². The Kier molecular flexibility index (Phi) is 5.51. The zero-order chi connectivity index (χ0) is 22.4. The first-order valence-electron chi connectivity index (χ1n) is 10.4. The molecule has 0 saturated carbocycles. The summed E-state index contributed by atoms with van der Waals surface area (Å²) < 4.78 is 14.6. The van der Waals surface area contributed by atoms with Gasteiger partial charge in [-0.15, -0.1) is 0 Å². The van der Waals surface area contributed by atoms with Gasteiger partial charge in [0.1, 0.15) is 5.82 Å². The van der Waals surface area contributed by atoms with Crippen molar-refractivity contribution in [3.63, 3.8) is 0 Å². The molecule has 5 rings (SSSR count). The van der Waals surface area contributed by atoms with Gasteiger partial charge >= 0.3 is 0 Å². The van der Waals surface area contributed by atoms with E-state index in [0.717, 1.165) is 12.8 Å². The van der Waals surface area contributed by atoms with Crippen molar-refractivity contribution < 1.29 is 14.0 Å².